The van der Waals surface area contributed by atoms with Gasteiger partial charge in [0.25, 0.3) is 0 Å². The lowest BCUT2D eigenvalue weighted by Crippen LogP contribution is -2.44. The number of hydrogen-bond acceptors (Lipinski definition) is 2. The smallest absolute Gasteiger partial charge is 0.0545 e. The predicted octanol–water partition coefficient (Wildman–Crippen LogP) is 13.6. The number of anilines is 5. The minimum absolute atomic E-state index is 0.208. The molecule has 0 amide bonds. The van der Waals surface area contributed by atoms with Gasteiger partial charge in [-0.05, 0) is 109 Å². The molecule has 0 N–H and O–H groups in total. The molecule has 4 aliphatic rings. The summed E-state index contributed by atoms with van der Waals surface area (Å²) < 4.78 is 0. The molecule has 0 saturated carbocycles. The Labute approximate surface area is 347 Å². The molecule has 3 aliphatic heterocycles. The Morgan fingerprint density at radius 2 is 0.983 bits per heavy atom. The molecule has 0 radical (unpaired) electrons. The first-order valence-corrected chi connectivity index (χ1v) is 21.4. The van der Waals surface area contributed by atoms with Gasteiger partial charge in [0.2, 0.25) is 0 Å². The van der Waals surface area contributed by atoms with Gasteiger partial charge in [-0.1, -0.05) is 169 Å². The first kappa shape index (κ1) is 34.6. The third-order valence-corrected chi connectivity index (χ3v) is 14.6. The number of rotatable bonds is 4. The van der Waals surface area contributed by atoms with E-state index in [2.05, 4.69) is 209 Å². The van der Waals surface area contributed by atoms with Crippen molar-refractivity contribution < 1.29 is 0 Å². The highest BCUT2D eigenvalue weighted by molar-refractivity contribution is 6.04. The van der Waals surface area contributed by atoms with Crippen LogP contribution in [0.5, 0.6) is 0 Å². The topological polar surface area (TPSA) is 6.48 Å². The maximum absolute atomic E-state index is 2.71. The van der Waals surface area contributed by atoms with Crippen LogP contribution in [0.3, 0.4) is 0 Å². The molecule has 59 heavy (non-hydrogen) atoms. The van der Waals surface area contributed by atoms with Crippen LogP contribution in [0.25, 0.3) is 44.4 Å². The average molecular weight is 761 g/mol. The summed E-state index contributed by atoms with van der Waals surface area (Å²) in [5, 5.41) is 7.73. The molecular formula is C57H48N2. The van der Waals surface area contributed by atoms with E-state index in [1.54, 1.807) is 0 Å². The summed E-state index contributed by atoms with van der Waals surface area (Å²) >= 11 is 0. The average Bonchev–Trinajstić information content (AvgIpc) is 3.25. The van der Waals surface area contributed by atoms with Crippen molar-refractivity contribution in [3.05, 3.63) is 195 Å². The molecule has 2 nitrogen and oxygen atoms in total. The summed E-state index contributed by atoms with van der Waals surface area (Å²) in [6.07, 6.45) is 4.39. The highest BCUT2D eigenvalue weighted by Gasteiger charge is 2.52. The number of fused-ring (bicyclic) bond motifs is 3. The molecule has 286 valence electrons. The van der Waals surface area contributed by atoms with Gasteiger partial charge in [0.05, 0.1) is 22.7 Å². The highest BCUT2D eigenvalue weighted by atomic mass is 15.2. The van der Waals surface area contributed by atoms with Crippen molar-refractivity contribution in [3.8, 4) is 11.1 Å². The zero-order valence-corrected chi connectivity index (χ0v) is 34.8. The summed E-state index contributed by atoms with van der Waals surface area (Å²) in [4.78, 5) is 5.34. The standard InChI is InChI=1S/C57H48N2/c1-55(2)44-27-16-28-45-52(44)59-53-46(55)31-38(41-26-13-20-35-17-7-10-23-40(35)41)32-47(53)57(5,6)49-34-39(33-48(54(49)59)56(45,3)4)58(50-29-14-21-36-18-8-11-24-42(36)50)51-30-15-22-37-19-9-12-25-43(37)51/h7-14,16-29,31-34H,15,30H2,1-6H3. The molecule has 0 saturated heterocycles. The van der Waals surface area contributed by atoms with Crippen molar-refractivity contribution >= 4 is 61.8 Å². The highest BCUT2D eigenvalue weighted by Crippen LogP contribution is 2.67. The van der Waals surface area contributed by atoms with E-state index in [1.807, 2.05) is 0 Å². The van der Waals surface area contributed by atoms with Gasteiger partial charge in [-0.25, -0.2) is 0 Å². The first-order valence-electron chi connectivity index (χ1n) is 21.4. The van der Waals surface area contributed by atoms with Gasteiger partial charge in [-0.2, -0.15) is 0 Å². The summed E-state index contributed by atoms with van der Waals surface area (Å²) in [6, 6.07) is 57.7. The molecule has 0 bridgehead atoms. The van der Waals surface area contributed by atoms with Gasteiger partial charge in [-0.15, -0.1) is 0 Å². The van der Waals surface area contributed by atoms with Gasteiger partial charge in [0.1, 0.15) is 0 Å². The van der Waals surface area contributed by atoms with Crippen LogP contribution in [-0.2, 0) is 16.2 Å². The number of para-hydroxylation sites is 1. The molecule has 0 aromatic heterocycles. The van der Waals surface area contributed by atoms with Crippen LogP contribution in [0.2, 0.25) is 0 Å². The second-order valence-electron chi connectivity index (χ2n) is 18.9. The lowest BCUT2D eigenvalue weighted by Gasteiger charge is -2.55. The molecule has 0 atom stereocenters. The monoisotopic (exact) mass is 760 g/mol. The lowest BCUT2D eigenvalue weighted by atomic mass is 9.60. The summed E-state index contributed by atoms with van der Waals surface area (Å²) in [5.41, 5.74) is 18.1. The van der Waals surface area contributed by atoms with Crippen LogP contribution in [-0.4, -0.2) is 0 Å². The van der Waals surface area contributed by atoms with E-state index in [9.17, 15) is 0 Å². The Morgan fingerprint density at radius 1 is 0.475 bits per heavy atom. The van der Waals surface area contributed by atoms with Crippen molar-refractivity contribution in [2.75, 3.05) is 9.80 Å². The normalized spacial score (nSPS) is 17.0. The zero-order valence-electron chi connectivity index (χ0n) is 34.8. The van der Waals surface area contributed by atoms with E-state index in [0.717, 1.165) is 12.8 Å². The maximum atomic E-state index is 2.71. The fourth-order valence-electron chi connectivity index (χ4n) is 11.5. The van der Waals surface area contributed by atoms with Gasteiger partial charge in [0.15, 0.2) is 0 Å². The van der Waals surface area contributed by atoms with E-state index < -0.39 is 0 Å². The van der Waals surface area contributed by atoms with Crippen molar-refractivity contribution in [2.24, 2.45) is 0 Å². The fourth-order valence-corrected chi connectivity index (χ4v) is 11.5. The SMILES string of the molecule is CC1(C)c2cccc3c2N2c4c1cc(-c1cccc5ccccc15)cc4C(C)(C)c1cc(N(C4=c5ccccc5=CCC4)c4cccc5ccccc45)cc(c12)C3(C)C. The van der Waals surface area contributed by atoms with E-state index in [1.165, 1.54) is 111 Å². The molecule has 8 aromatic carbocycles. The van der Waals surface area contributed by atoms with Crippen LogP contribution in [0.15, 0.2) is 152 Å². The van der Waals surface area contributed by atoms with E-state index in [4.69, 9.17) is 0 Å². The third-order valence-electron chi connectivity index (χ3n) is 14.6. The maximum Gasteiger partial charge on any atom is 0.0545 e. The molecule has 1 aliphatic carbocycles. The Kier molecular flexibility index (Phi) is 6.96. The second kappa shape index (κ2) is 11.9. The Hall–Kier alpha value is -6.38. The molecule has 0 fully saturated rings. The van der Waals surface area contributed by atoms with E-state index >= 15 is 0 Å². The lowest BCUT2D eigenvalue weighted by molar-refractivity contribution is 0.567. The first-order chi connectivity index (χ1) is 28.5. The number of benzene rings is 8. The number of nitrogens with zero attached hydrogens (tertiary/aromatic N) is 2. The van der Waals surface area contributed by atoms with Crippen molar-refractivity contribution in [1.82, 2.24) is 0 Å². The molecule has 8 aromatic rings. The van der Waals surface area contributed by atoms with Crippen molar-refractivity contribution in [2.45, 2.75) is 70.6 Å². The quantitative estimate of drug-likeness (QED) is 0.176. The summed E-state index contributed by atoms with van der Waals surface area (Å²) in [6.45, 7) is 14.8. The van der Waals surface area contributed by atoms with Gasteiger partial charge in [0, 0.05) is 38.2 Å². The van der Waals surface area contributed by atoms with E-state index in [0.29, 0.717) is 0 Å². The van der Waals surface area contributed by atoms with Crippen molar-refractivity contribution in [1.29, 1.82) is 0 Å². The third kappa shape index (κ3) is 4.58. The van der Waals surface area contributed by atoms with Crippen LogP contribution in [0.1, 0.15) is 87.8 Å². The minimum Gasteiger partial charge on any atom is -0.313 e. The van der Waals surface area contributed by atoms with Crippen LogP contribution in [0, 0.1) is 0 Å². The van der Waals surface area contributed by atoms with Crippen LogP contribution < -0.4 is 20.2 Å². The Bertz CT molecular complexity index is 3260. The second-order valence-corrected chi connectivity index (χ2v) is 18.9. The molecule has 0 unspecified atom stereocenters. The zero-order chi connectivity index (χ0) is 40.0. The molecule has 12 rings (SSSR count). The summed E-state index contributed by atoms with van der Waals surface area (Å²) in [7, 11) is 0. The van der Waals surface area contributed by atoms with Crippen LogP contribution in [0.4, 0.5) is 28.4 Å². The largest absolute Gasteiger partial charge is 0.313 e. The fraction of sp³-hybridized carbons (Fsp3) is 0.193. The minimum atomic E-state index is -0.315. The Morgan fingerprint density at radius 3 is 1.68 bits per heavy atom. The molecule has 3 heterocycles. The molecular weight excluding hydrogens is 713 g/mol. The van der Waals surface area contributed by atoms with Crippen molar-refractivity contribution in [3.63, 3.8) is 0 Å². The van der Waals surface area contributed by atoms with Crippen LogP contribution >= 0.6 is 0 Å². The van der Waals surface area contributed by atoms with Gasteiger partial charge in [-0.3, -0.25) is 0 Å². The molecule has 0 spiro atoms. The van der Waals surface area contributed by atoms with E-state index in [-0.39, 0.29) is 16.2 Å². The molecule has 2 heteroatoms. The van der Waals surface area contributed by atoms with Gasteiger partial charge < -0.3 is 9.80 Å². The predicted molar refractivity (Wildman–Crippen MR) is 249 cm³/mol. The summed E-state index contributed by atoms with van der Waals surface area (Å²) in [5.74, 6) is 0. The number of hydrogen-bond donors (Lipinski definition) is 0. The Balaban J connectivity index is 1.21. The van der Waals surface area contributed by atoms with Gasteiger partial charge >= 0.3 is 0 Å².